The average molecular weight is 311 g/mol. The molecule has 0 spiro atoms. The number of benzene rings is 1. The van der Waals surface area contributed by atoms with Crippen molar-refractivity contribution >= 4 is 23.6 Å². The summed E-state index contributed by atoms with van der Waals surface area (Å²) in [5.74, 6) is -1.33. The van der Waals surface area contributed by atoms with Crippen molar-refractivity contribution in [2.45, 2.75) is 6.92 Å². The Morgan fingerprint density at radius 3 is 2.32 bits per heavy atom. The Morgan fingerprint density at radius 2 is 1.73 bits per heavy atom. The zero-order valence-corrected chi connectivity index (χ0v) is 12.4. The van der Waals surface area contributed by atoms with Gasteiger partial charge in [-0.05, 0) is 38.2 Å². The van der Waals surface area contributed by atoms with Crippen LogP contribution in [0.5, 0.6) is 0 Å². The number of alkyl carbamates (subject to hydrolysis) is 1. The summed E-state index contributed by atoms with van der Waals surface area (Å²) < 4.78 is 17.3. The monoisotopic (exact) mass is 311 g/mol. The molecule has 1 aromatic rings. The largest absolute Gasteiger partial charge is 0.450 e. The molecular formula is C14H18FN3O4. The first-order chi connectivity index (χ1) is 10.4. The molecule has 0 radical (unpaired) electrons. The third-order valence-electron chi connectivity index (χ3n) is 2.47. The van der Waals surface area contributed by atoms with Gasteiger partial charge in [-0.1, -0.05) is 0 Å². The molecule has 120 valence electrons. The van der Waals surface area contributed by atoms with Crippen LogP contribution in [-0.2, 0) is 14.3 Å². The Kier molecular flexibility index (Phi) is 6.97. The fourth-order valence-corrected chi connectivity index (χ4v) is 1.60. The molecule has 1 rings (SSSR count). The number of rotatable bonds is 6. The summed E-state index contributed by atoms with van der Waals surface area (Å²) in [7, 11) is 1.55. The first-order valence-corrected chi connectivity index (χ1v) is 6.61. The summed E-state index contributed by atoms with van der Waals surface area (Å²) in [6, 6.07) is 5.32. The van der Waals surface area contributed by atoms with Crippen LogP contribution in [-0.4, -0.2) is 49.6 Å². The van der Waals surface area contributed by atoms with Gasteiger partial charge < -0.3 is 10.1 Å². The van der Waals surface area contributed by atoms with Gasteiger partial charge in [-0.15, -0.1) is 0 Å². The molecule has 0 aliphatic rings. The summed E-state index contributed by atoms with van der Waals surface area (Å²) in [5, 5.41) is 4.59. The Balaban J connectivity index is 2.36. The van der Waals surface area contributed by atoms with Gasteiger partial charge in [0.1, 0.15) is 5.82 Å². The highest BCUT2D eigenvalue weighted by Crippen LogP contribution is 2.07. The summed E-state index contributed by atoms with van der Waals surface area (Å²) in [5.41, 5.74) is 0.454. The van der Waals surface area contributed by atoms with Gasteiger partial charge in [0.25, 0.3) is 0 Å². The molecule has 7 nitrogen and oxygen atoms in total. The first kappa shape index (κ1) is 17.6. The number of nitrogens with one attached hydrogen (secondary N) is 2. The summed E-state index contributed by atoms with van der Waals surface area (Å²) in [6.45, 7) is 1.58. The number of carbonyl (C=O) groups excluding carboxylic acids is 3. The lowest BCUT2D eigenvalue weighted by atomic mass is 10.3. The van der Waals surface area contributed by atoms with Crippen LogP contribution in [0.2, 0.25) is 0 Å². The lowest BCUT2D eigenvalue weighted by molar-refractivity contribution is -0.122. The fraction of sp³-hybridized carbons (Fsp3) is 0.357. The summed E-state index contributed by atoms with van der Waals surface area (Å²) >= 11 is 0. The molecule has 0 fully saturated rings. The minimum Gasteiger partial charge on any atom is -0.450 e. The maximum absolute atomic E-state index is 12.7. The van der Waals surface area contributed by atoms with E-state index in [1.807, 2.05) is 5.32 Å². The summed E-state index contributed by atoms with van der Waals surface area (Å²) in [4.78, 5) is 35.7. The van der Waals surface area contributed by atoms with Gasteiger partial charge in [0.05, 0.1) is 19.7 Å². The molecule has 2 N–H and O–H groups in total. The number of anilines is 1. The van der Waals surface area contributed by atoms with Gasteiger partial charge >= 0.3 is 6.09 Å². The predicted octanol–water partition coefficient (Wildman–Crippen LogP) is 0.969. The van der Waals surface area contributed by atoms with Crippen molar-refractivity contribution in [3.8, 4) is 0 Å². The second kappa shape index (κ2) is 8.73. The van der Waals surface area contributed by atoms with E-state index < -0.39 is 17.8 Å². The van der Waals surface area contributed by atoms with Gasteiger partial charge in [0.2, 0.25) is 11.8 Å². The van der Waals surface area contributed by atoms with Crippen LogP contribution in [0.4, 0.5) is 14.9 Å². The number of imide groups is 1. The van der Waals surface area contributed by atoms with Crippen molar-refractivity contribution < 1.29 is 23.5 Å². The van der Waals surface area contributed by atoms with E-state index in [0.29, 0.717) is 5.69 Å². The van der Waals surface area contributed by atoms with E-state index >= 15 is 0 Å². The molecule has 0 aliphatic carbocycles. The van der Waals surface area contributed by atoms with Crippen molar-refractivity contribution in [2.75, 3.05) is 32.1 Å². The van der Waals surface area contributed by atoms with E-state index in [1.54, 1.807) is 14.0 Å². The number of likely N-dealkylation sites (N-methyl/N-ethyl adjacent to an activating group) is 1. The molecule has 0 saturated heterocycles. The van der Waals surface area contributed by atoms with Crippen molar-refractivity contribution in [3.05, 3.63) is 30.1 Å². The van der Waals surface area contributed by atoms with Crippen LogP contribution in [0.25, 0.3) is 0 Å². The Hall–Kier alpha value is -2.48. The minimum absolute atomic E-state index is 0.0619. The lowest BCUT2D eigenvalue weighted by Gasteiger charge is -2.15. The lowest BCUT2D eigenvalue weighted by Crippen LogP contribution is -2.41. The standard InChI is InChI=1S/C14H18FN3O4/c1-3-22-14(21)17-13(20)9-18(2)8-12(19)16-11-6-4-10(15)5-7-11/h4-7H,3,8-9H2,1-2H3,(H,16,19)(H,17,20,21). The molecule has 1 aromatic carbocycles. The van der Waals surface area contributed by atoms with E-state index in [1.165, 1.54) is 29.2 Å². The van der Waals surface area contributed by atoms with Gasteiger partial charge in [0, 0.05) is 5.69 Å². The molecule has 0 heterocycles. The van der Waals surface area contributed by atoms with Crippen LogP contribution >= 0.6 is 0 Å². The highest BCUT2D eigenvalue weighted by molar-refractivity contribution is 5.94. The topological polar surface area (TPSA) is 87.7 Å². The number of ether oxygens (including phenoxy) is 1. The second-order valence-electron chi connectivity index (χ2n) is 4.50. The van der Waals surface area contributed by atoms with E-state index in [4.69, 9.17) is 0 Å². The summed E-state index contributed by atoms with van der Waals surface area (Å²) in [6.07, 6.45) is -0.823. The van der Waals surface area contributed by atoms with Gasteiger partial charge in [-0.2, -0.15) is 0 Å². The van der Waals surface area contributed by atoms with Crippen molar-refractivity contribution in [1.82, 2.24) is 10.2 Å². The zero-order chi connectivity index (χ0) is 16.5. The number of amides is 3. The average Bonchev–Trinajstić information content (AvgIpc) is 2.40. The number of halogens is 1. The maximum atomic E-state index is 12.7. The number of nitrogens with zero attached hydrogens (tertiary/aromatic N) is 1. The Labute approximate surface area is 127 Å². The van der Waals surface area contributed by atoms with Gasteiger partial charge in [-0.25, -0.2) is 9.18 Å². The van der Waals surface area contributed by atoms with Crippen LogP contribution < -0.4 is 10.6 Å². The molecule has 22 heavy (non-hydrogen) atoms. The van der Waals surface area contributed by atoms with E-state index in [9.17, 15) is 18.8 Å². The molecule has 0 unspecified atom stereocenters. The smallest absolute Gasteiger partial charge is 0.413 e. The Bertz CT molecular complexity index is 533. The number of hydrogen-bond acceptors (Lipinski definition) is 5. The van der Waals surface area contributed by atoms with E-state index in [2.05, 4.69) is 10.1 Å². The molecule has 0 saturated carbocycles. The van der Waals surface area contributed by atoms with Crippen LogP contribution in [0.15, 0.2) is 24.3 Å². The normalized spacial score (nSPS) is 10.2. The van der Waals surface area contributed by atoms with Gasteiger partial charge in [-0.3, -0.25) is 19.8 Å². The molecule has 8 heteroatoms. The van der Waals surface area contributed by atoms with Crippen LogP contribution in [0.3, 0.4) is 0 Å². The van der Waals surface area contributed by atoms with Crippen molar-refractivity contribution in [1.29, 1.82) is 0 Å². The molecular weight excluding hydrogens is 293 g/mol. The van der Waals surface area contributed by atoms with E-state index in [0.717, 1.165) is 0 Å². The maximum Gasteiger partial charge on any atom is 0.413 e. The third kappa shape index (κ3) is 6.80. The SMILES string of the molecule is CCOC(=O)NC(=O)CN(C)CC(=O)Nc1ccc(F)cc1. The second-order valence-corrected chi connectivity index (χ2v) is 4.50. The quantitative estimate of drug-likeness (QED) is 0.817. The molecule has 0 bridgehead atoms. The third-order valence-corrected chi connectivity index (χ3v) is 2.47. The zero-order valence-electron chi connectivity index (χ0n) is 12.4. The number of carbonyl (C=O) groups is 3. The minimum atomic E-state index is -0.823. The van der Waals surface area contributed by atoms with Gasteiger partial charge in [0.15, 0.2) is 0 Å². The number of hydrogen-bond donors (Lipinski definition) is 2. The molecule has 3 amide bonds. The van der Waals surface area contributed by atoms with E-state index in [-0.39, 0.29) is 25.6 Å². The molecule has 0 atom stereocenters. The van der Waals surface area contributed by atoms with Crippen LogP contribution in [0, 0.1) is 5.82 Å². The predicted molar refractivity (Wildman–Crippen MR) is 77.7 cm³/mol. The fourth-order valence-electron chi connectivity index (χ4n) is 1.60. The molecule has 0 aliphatic heterocycles. The first-order valence-electron chi connectivity index (χ1n) is 6.61. The Morgan fingerprint density at radius 1 is 1.14 bits per heavy atom. The van der Waals surface area contributed by atoms with Crippen molar-refractivity contribution in [2.24, 2.45) is 0 Å². The highest BCUT2D eigenvalue weighted by Gasteiger charge is 2.13. The van der Waals surface area contributed by atoms with Crippen molar-refractivity contribution in [3.63, 3.8) is 0 Å². The molecule has 0 aromatic heterocycles. The van der Waals surface area contributed by atoms with Crippen LogP contribution in [0.1, 0.15) is 6.92 Å². The highest BCUT2D eigenvalue weighted by atomic mass is 19.1.